The summed E-state index contributed by atoms with van der Waals surface area (Å²) in [4.78, 5) is 21.7. The first-order chi connectivity index (χ1) is 13.1. The van der Waals surface area contributed by atoms with E-state index < -0.39 is 0 Å². The van der Waals surface area contributed by atoms with Gasteiger partial charge in [-0.25, -0.2) is 4.98 Å². The van der Waals surface area contributed by atoms with E-state index in [-0.39, 0.29) is 18.0 Å². The molecule has 3 heterocycles. The number of benzene rings is 1. The molecule has 1 aliphatic rings. The van der Waals surface area contributed by atoms with Crippen LogP contribution in [0.25, 0.3) is 11.0 Å². The molecule has 0 saturated carbocycles. The molecular formula is C20H24N6O. The molecule has 1 amide bonds. The molecule has 0 bridgehead atoms. The van der Waals surface area contributed by atoms with Gasteiger partial charge >= 0.3 is 0 Å². The summed E-state index contributed by atoms with van der Waals surface area (Å²) < 4.78 is 1.96. The second kappa shape index (κ2) is 7.34. The third-order valence-electron chi connectivity index (χ3n) is 5.43. The van der Waals surface area contributed by atoms with Crippen LogP contribution in [0.2, 0.25) is 0 Å². The molecule has 0 radical (unpaired) electrons. The Balaban J connectivity index is 1.50. The van der Waals surface area contributed by atoms with E-state index in [0.29, 0.717) is 0 Å². The number of nitrogens with zero attached hydrogens (tertiary/aromatic N) is 6. The van der Waals surface area contributed by atoms with Crippen molar-refractivity contribution < 1.29 is 4.79 Å². The summed E-state index contributed by atoms with van der Waals surface area (Å²) in [5.74, 6) is 0.973. The van der Waals surface area contributed by atoms with Crippen molar-refractivity contribution in [1.82, 2.24) is 24.6 Å². The lowest BCUT2D eigenvalue weighted by atomic mass is 10.0. The Morgan fingerprint density at radius 3 is 2.93 bits per heavy atom. The van der Waals surface area contributed by atoms with E-state index in [1.54, 1.807) is 12.5 Å². The molecule has 7 nitrogen and oxygen atoms in total. The highest BCUT2D eigenvalue weighted by molar-refractivity contribution is 5.83. The molecule has 7 heteroatoms. The Hall–Kier alpha value is -2.96. The summed E-state index contributed by atoms with van der Waals surface area (Å²) in [6.45, 7) is 3.66. The van der Waals surface area contributed by atoms with E-state index in [2.05, 4.69) is 20.1 Å². The lowest BCUT2D eigenvalue weighted by molar-refractivity contribution is -0.135. The number of hydrogen-bond donors (Lipinski definition) is 0. The Morgan fingerprint density at radius 2 is 2.11 bits per heavy atom. The summed E-state index contributed by atoms with van der Waals surface area (Å²) in [6.07, 6.45) is 5.46. The van der Waals surface area contributed by atoms with Gasteiger partial charge in [0, 0.05) is 32.4 Å². The Kier molecular flexibility index (Phi) is 4.75. The highest BCUT2D eigenvalue weighted by Gasteiger charge is 2.30. The second-order valence-corrected chi connectivity index (χ2v) is 7.09. The summed E-state index contributed by atoms with van der Waals surface area (Å²) >= 11 is 0. The number of aromatic nitrogens is 4. The van der Waals surface area contributed by atoms with Gasteiger partial charge in [0.15, 0.2) is 5.82 Å². The molecule has 1 fully saturated rings. The van der Waals surface area contributed by atoms with Gasteiger partial charge in [-0.15, -0.1) is 5.10 Å². The maximum Gasteiger partial charge on any atom is 0.245 e. The van der Waals surface area contributed by atoms with Crippen molar-refractivity contribution in [1.29, 1.82) is 0 Å². The topological polar surface area (TPSA) is 67.2 Å². The van der Waals surface area contributed by atoms with Crippen molar-refractivity contribution in [2.45, 2.75) is 31.8 Å². The summed E-state index contributed by atoms with van der Waals surface area (Å²) in [5, 5.41) is 8.18. The van der Waals surface area contributed by atoms with E-state index in [0.717, 1.165) is 42.8 Å². The van der Waals surface area contributed by atoms with Gasteiger partial charge in [0.25, 0.3) is 0 Å². The number of para-hydroxylation sites is 2. The Bertz CT molecular complexity index is 924. The van der Waals surface area contributed by atoms with Gasteiger partial charge < -0.3 is 14.4 Å². The molecule has 1 aliphatic heterocycles. The number of amides is 1. The van der Waals surface area contributed by atoms with Crippen molar-refractivity contribution in [3.63, 3.8) is 0 Å². The van der Waals surface area contributed by atoms with Gasteiger partial charge in [-0.1, -0.05) is 12.1 Å². The van der Waals surface area contributed by atoms with E-state index in [1.165, 1.54) is 0 Å². The predicted molar refractivity (Wildman–Crippen MR) is 104 cm³/mol. The molecule has 1 saturated heterocycles. The number of imidazole rings is 1. The van der Waals surface area contributed by atoms with Crippen molar-refractivity contribution in [2.24, 2.45) is 0 Å². The van der Waals surface area contributed by atoms with Crippen LogP contribution in [0, 0.1) is 0 Å². The van der Waals surface area contributed by atoms with Crippen LogP contribution in [0.5, 0.6) is 0 Å². The lowest BCUT2D eigenvalue weighted by Crippen LogP contribution is -2.50. The zero-order valence-corrected chi connectivity index (χ0v) is 15.7. The minimum atomic E-state index is -0.297. The van der Waals surface area contributed by atoms with E-state index in [9.17, 15) is 4.79 Å². The molecule has 2 aromatic heterocycles. The fraction of sp³-hybridized carbons (Fsp3) is 0.400. The maximum atomic E-state index is 13.2. The quantitative estimate of drug-likeness (QED) is 0.712. The molecule has 2 atom stereocenters. The van der Waals surface area contributed by atoms with Gasteiger partial charge in [-0.3, -0.25) is 4.79 Å². The highest BCUT2D eigenvalue weighted by atomic mass is 16.2. The maximum absolute atomic E-state index is 13.2. The van der Waals surface area contributed by atoms with Crippen LogP contribution in [-0.2, 0) is 4.79 Å². The van der Waals surface area contributed by atoms with Gasteiger partial charge in [0.1, 0.15) is 6.04 Å². The SMILES string of the molecule is CC(C(=O)N(C)C1CCCN(c2cccnn2)C1)n1cnc2ccccc21. The normalized spacial score (nSPS) is 18.4. The zero-order valence-electron chi connectivity index (χ0n) is 15.7. The van der Waals surface area contributed by atoms with Crippen LogP contribution in [0.3, 0.4) is 0 Å². The van der Waals surface area contributed by atoms with E-state index in [1.807, 2.05) is 59.8 Å². The van der Waals surface area contributed by atoms with Gasteiger partial charge in [0.05, 0.1) is 17.4 Å². The number of anilines is 1. The molecule has 4 rings (SSSR count). The Labute approximate surface area is 158 Å². The minimum Gasteiger partial charge on any atom is -0.353 e. The average Bonchev–Trinajstić information content (AvgIpc) is 3.17. The average molecular weight is 364 g/mol. The second-order valence-electron chi connectivity index (χ2n) is 7.09. The van der Waals surface area contributed by atoms with Crippen molar-refractivity contribution >= 4 is 22.8 Å². The van der Waals surface area contributed by atoms with Crippen LogP contribution < -0.4 is 4.90 Å². The Morgan fingerprint density at radius 1 is 1.26 bits per heavy atom. The number of fused-ring (bicyclic) bond motifs is 1. The number of piperidine rings is 1. The van der Waals surface area contributed by atoms with Crippen LogP contribution in [0.1, 0.15) is 25.8 Å². The van der Waals surface area contributed by atoms with Crippen molar-refractivity contribution in [3.8, 4) is 0 Å². The minimum absolute atomic E-state index is 0.101. The number of carbonyl (C=O) groups is 1. The van der Waals surface area contributed by atoms with Crippen molar-refractivity contribution in [2.75, 3.05) is 25.0 Å². The third kappa shape index (κ3) is 3.37. The standard InChI is InChI=1S/C20H24N6O/c1-15(26-14-21-17-8-3-4-9-18(17)26)20(27)24(2)16-7-6-12-25(13-16)19-10-5-11-22-23-19/h3-5,8-11,14-16H,6-7,12-13H2,1-2H3. The van der Waals surface area contributed by atoms with Crippen LogP contribution in [0.15, 0.2) is 48.9 Å². The number of hydrogen-bond acceptors (Lipinski definition) is 5. The first kappa shape index (κ1) is 17.5. The number of likely N-dealkylation sites (N-methyl/N-ethyl adjacent to an activating group) is 1. The summed E-state index contributed by atoms with van der Waals surface area (Å²) in [5.41, 5.74) is 1.89. The summed E-state index contributed by atoms with van der Waals surface area (Å²) in [6, 6.07) is 11.6. The van der Waals surface area contributed by atoms with Crippen LogP contribution in [-0.4, -0.2) is 56.7 Å². The van der Waals surface area contributed by atoms with Gasteiger partial charge in [-0.2, -0.15) is 5.10 Å². The number of carbonyl (C=O) groups excluding carboxylic acids is 1. The lowest BCUT2D eigenvalue weighted by Gasteiger charge is -2.39. The molecule has 0 spiro atoms. The summed E-state index contributed by atoms with van der Waals surface area (Å²) in [7, 11) is 1.91. The smallest absolute Gasteiger partial charge is 0.245 e. The number of rotatable bonds is 4. The molecule has 27 heavy (non-hydrogen) atoms. The first-order valence-corrected chi connectivity index (χ1v) is 9.36. The van der Waals surface area contributed by atoms with Crippen LogP contribution in [0.4, 0.5) is 5.82 Å². The third-order valence-corrected chi connectivity index (χ3v) is 5.43. The first-order valence-electron chi connectivity index (χ1n) is 9.36. The highest BCUT2D eigenvalue weighted by Crippen LogP contribution is 2.23. The fourth-order valence-corrected chi connectivity index (χ4v) is 3.82. The van der Waals surface area contributed by atoms with Gasteiger partial charge in [0.2, 0.25) is 5.91 Å². The fourth-order valence-electron chi connectivity index (χ4n) is 3.82. The predicted octanol–water partition coefficient (Wildman–Crippen LogP) is 2.51. The molecule has 0 N–H and O–H groups in total. The monoisotopic (exact) mass is 364 g/mol. The molecule has 140 valence electrons. The molecule has 0 aliphatic carbocycles. The van der Waals surface area contributed by atoms with Crippen LogP contribution >= 0.6 is 0 Å². The largest absolute Gasteiger partial charge is 0.353 e. The molecule has 2 unspecified atom stereocenters. The molecule has 3 aromatic rings. The van der Waals surface area contributed by atoms with E-state index in [4.69, 9.17) is 0 Å². The zero-order chi connectivity index (χ0) is 18.8. The van der Waals surface area contributed by atoms with E-state index >= 15 is 0 Å². The molecular weight excluding hydrogens is 340 g/mol. The van der Waals surface area contributed by atoms with Gasteiger partial charge in [-0.05, 0) is 44.0 Å². The molecule has 1 aromatic carbocycles. The van der Waals surface area contributed by atoms with Crippen molar-refractivity contribution in [3.05, 3.63) is 48.9 Å².